The number of furan rings is 1. The quantitative estimate of drug-likeness (QED) is 0.880. The summed E-state index contributed by atoms with van der Waals surface area (Å²) in [6, 6.07) is 6.19. The largest absolute Gasteiger partial charge is 0.486 e. The van der Waals surface area contributed by atoms with Crippen molar-refractivity contribution in [3.8, 4) is 5.75 Å². The molecule has 114 valence electrons. The van der Waals surface area contributed by atoms with E-state index in [2.05, 4.69) is 26.1 Å². The second kappa shape index (κ2) is 6.50. The Kier molecular flexibility index (Phi) is 4.91. The standard InChI is InChI=1S/C16H19ClFNO2/c1-16(2,3)19-8-11-6-13(20-9-11)10-21-12-4-5-15(18)14(17)7-12/h4-7,9,19H,8,10H2,1-3H3. The third kappa shape index (κ3) is 5.06. The molecular formula is C16H19ClFNO2. The van der Waals surface area contributed by atoms with Crippen LogP contribution < -0.4 is 10.1 Å². The lowest BCUT2D eigenvalue weighted by Gasteiger charge is -2.19. The molecule has 1 aromatic carbocycles. The molecule has 1 N–H and O–H groups in total. The van der Waals surface area contributed by atoms with Gasteiger partial charge in [0.2, 0.25) is 0 Å². The number of hydrogen-bond acceptors (Lipinski definition) is 3. The summed E-state index contributed by atoms with van der Waals surface area (Å²) >= 11 is 5.70. The minimum absolute atomic E-state index is 0.0435. The van der Waals surface area contributed by atoms with E-state index in [4.69, 9.17) is 20.8 Å². The first-order chi connectivity index (χ1) is 9.83. The fourth-order valence-corrected chi connectivity index (χ4v) is 1.85. The third-order valence-corrected chi connectivity index (χ3v) is 3.09. The minimum Gasteiger partial charge on any atom is -0.486 e. The van der Waals surface area contributed by atoms with Crippen LogP contribution in [0.2, 0.25) is 5.02 Å². The van der Waals surface area contributed by atoms with Gasteiger partial charge in [-0.15, -0.1) is 0 Å². The van der Waals surface area contributed by atoms with Gasteiger partial charge in [-0.2, -0.15) is 0 Å². The summed E-state index contributed by atoms with van der Waals surface area (Å²) in [5.74, 6) is 0.755. The van der Waals surface area contributed by atoms with Gasteiger partial charge in [-0.25, -0.2) is 4.39 Å². The van der Waals surface area contributed by atoms with E-state index in [9.17, 15) is 4.39 Å². The number of halogens is 2. The summed E-state index contributed by atoms with van der Waals surface area (Å²) in [5, 5.41) is 3.42. The molecule has 0 saturated heterocycles. The SMILES string of the molecule is CC(C)(C)NCc1coc(COc2ccc(F)c(Cl)c2)c1. The van der Waals surface area contributed by atoms with Crippen LogP contribution in [0, 0.1) is 5.82 Å². The Morgan fingerprint density at radius 3 is 2.71 bits per heavy atom. The highest BCUT2D eigenvalue weighted by atomic mass is 35.5. The van der Waals surface area contributed by atoms with Gasteiger partial charge >= 0.3 is 0 Å². The maximum Gasteiger partial charge on any atom is 0.146 e. The molecule has 0 aliphatic heterocycles. The molecule has 21 heavy (non-hydrogen) atoms. The predicted octanol–water partition coefficient (Wildman–Crippen LogP) is 4.54. The zero-order chi connectivity index (χ0) is 15.5. The van der Waals surface area contributed by atoms with Crippen molar-refractivity contribution in [2.45, 2.75) is 39.5 Å². The minimum atomic E-state index is -0.461. The first kappa shape index (κ1) is 15.9. The van der Waals surface area contributed by atoms with Gasteiger partial charge in [0.25, 0.3) is 0 Å². The summed E-state index contributed by atoms with van der Waals surface area (Å²) in [7, 11) is 0. The Morgan fingerprint density at radius 2 is 2.05 bits per heavy atom. The average molecular weight is 312 g/mol. The number of nitrogens with one attached hydrogen (secondary N) is 1. The van der Waals surface area contributed by atoms with E-state index >= 15 is 0 Å². The zero-order valence-electron chi connectivity index (χ0n) is 12.4. The smallest absolute Gasteiger partial charge is 0.146 e. The molecule has 2 rings (SSSR count). The number of hydrogen-bond donors (Lipinski definition) is 1. The molecule has 0 radical (unpaired) electrons. The van der Waals surface area contributed by atoms with Crippen LogP contribution in [0.15, 0.2) is 34.9 Å². The topological polar surface area (TPSA) is 34.4 Å². The van der Waals surface area contributed by atoms with Crippen LogP contribution >= 0.6 is 11.6 Å². The summed E-state index contributed by atoms with van der Waals surface area (Å²) in [5.41, 5.74) is 1.11. The van der Waals surface area contributed by atoms with Crippen molar-refractivity contribution in [3.05, 3.63) is 52.7 Å². The maximum absolute atomic E-state index is 13.0. The molecule has 1 aromatic heterocycles. The molecule has 5 heteroatoms. The van der Waals surface area contributed by atoms with Crippen molar-refractivity contribution < 1.29 is 13.5 Å². The summed E-state index contributed by atoms with van der Waals surface area (Å²) in [6.45, 7) is 7.33. The summed E-state index contributed by atoms with van der Waals surface area (Å²) in [4.78, 5) is 0. The van der Waals surface area contributed by atoms with Crippen LogP contribution in [-0.2, 0) is 13.2 Å². The average Bonchev–Trinajstić information content (AvgIpc) is 2.85. The third-order valence-electron chi connectivity index (χ3n) is 2.80. The number of rotatable bonds is 5. The fraction of sp³-hybridized carbons (Fsp3) is 0.375. The van der Waals surface area contributed by atoms with Crippen LogP contribution in [0.5, 0.6) is 5.75 Å². The van der Waals surface area contributed by atoms with E-state index in [-0.39, 0.29) is 17.2 Å². The van der Waals surface area contributed by atoms with E-state index in [1.165, 1.54) is 18.2 Å². The number of benzene rings is 1. The molecule has 0 aliphatic rings. The van der Waals surface area contributed by atoms with Crippen molar-refractivity contribution in [2.75, 3.05) is 0 Å². The van der Waals surface area contributed by atoms with Crippen LogP contribution in [0.4, 0.5) is 4.39 Å². The Morgan fingerprint density at radius 1 is 1.29 bits per heavy atom. The van der Waals surface area contributed by atoms with Gasteiger partial charge in [-0.05, 0) is 39.0 Å². The molecule has 2 aromatic rings. The van der Waals surface area contributed by atoms with E-state index in [1.54, 1.807) is 6.26 Å². The van der Waals surface area contributed by atoms with Crippen molar-refractivity contribution >= 4 is 11.6 Å². The second-order valence-electron chi connectivity index (χ2n) is 5.89. The van der Waals surface area contributed by atoms with E-state index in [0.717, 1.165) is 12.1 Å². The van der Waals surface area contributed by atoms with E-state index < -0.39 is 5.82 Å². The molecule has 1 heterocycles. The maximum atomic E-state index is 13.0. The lowest BCUT2D eigenvalue weighted by Crippen LogP contribution is -2.34. The van der Waals surface area contributed by atoms with Gasteiger partial charge in [-0.1, -0.05) is 11.6 Å². The lowest BCUT2D eigenvalue weighted by molar-refractivity contribution is 0.270. The summed E-state index contributed by atoms with van der Waals surface area (Å²) in [6.07, 6.45) is 1.70. The zero-order valence-corrected chi connectivity index (χ0v) is 13.1. The highest BCUT2D eigenvalue weighted by molar-refractivity contribution is 6.30. The van der Waals surface area contributed by atoms with Gasteiger partial charge < -0.3 is 14.5 Å². The van der Waals surface area contributed by atoms with Gasteiger partial charge in [0.05, 0.1) is 11.3 Å². The van der Waals surface area contributed by atoms with Gasteiger partial charge in [0, 0.05) is 23.7 Å². The molecule has 0 unspecified atom stereocenters. The molecule has 0 amide bonds. The van der Waals surface area contributed by atoms with Crippen molar-refractivity contribution in [1.82, 2.24) is 5.32 Å². The Balaban J connectivity index is 1.89. The van der Waals surface area contributed by atoms with Crippen LogP contribution in [0.3, 0.4) is 0 Å². The first-order valence-electron chi connectivity index (χ1n) is 6.73. The van der Waals surface area contributed by atoms with Crippen LogP contribution in [0.1, 0.15) is 32.1 Å². The Labute approximate surface area is 129 Å². The monoisotopic (exact) mass is 311 g/mol. The number of ether oxygens (including phenoxy) is 1. The predicted molar refractivity (Wildman–Crippen MR) is 81.0 cm³/mol. The van der Waals surface area contributed by atoms with Gasteiger partial charge in [0.15, 0.2) is 0 Å². The normalized spacial score (nSPS) is 11.7. The molecule has 0 saturated carbocycles. The highest BCUT2D eigenvalue weighted by Crippen LogP contribution is 2.22. The van der Waals surface area contributed by atoms with Gasteiger partial charge in [0.1, 0.15) is 23.9 Å². The second-order valence-corrected chi connectivity index (χ2v) is 6.30. The summed E-state index contributed by atoms with van der Waals surface area (Å²) < 4.78 is 24.0. The molecule has 0 spiro atoms. The highest BCUT2D eigenvalue weighted by Gasteiger charge is 2.10. The molecule has 0 bridgehead atoms. The Bertz CT molecular complexity index is 605. The van der Waals surface area contributed by atoms with Crippen LogP contribution in [-0.4, -0.2) is 5.54 Å². The Hall–Kier alpha value is -1.52. The van der Waals surface area contributed by atoms with Crippen molar-refractivity contribution in [3.63, 3.8) is 0 Å². The van der Waals surface area contributed by atoms with Gasteiger partial charge in [-0.3, -0.25) is 0 Å². The van der Waals surface area contributed by atoms with Crippen molar-refractivity contribution in [1.29, 1.82) is 0 Å². The molecule has 0 atom stereocenters. The lowest BCUT2D eigenvalue weighted by atomic mass is 10.1. The van der Waals surface area contributed by atoms with Crippen LogP contribution in [0.25, 0.3) is 0 Å². The first-order valence-corrected chi connectivity index (χ1v) is 7.10. The molecule has 0 aliphatic carbocycles. The molecule has 3 nitrogen and oxygen atoms in total. The molecule has 0 fully saturated rings. The van der Waals surface area contributed by atoms with E-state index in [0.29, 0.717) is 11.5 Å². The molecular weight excluding hydrogens is 293 g/mol. The van der Waals surface area contributed by atoms with Crippen molar-refractivity contribution in [2.24, 2.45) is 0 Å². The van der Waals surface area contributed by atoms with E-state index in [1.807, 2.05) is 6.07 Å². The fourth-order valence-electron chi connectivity index (χ4n) is 1.68.